The Bertz CT molecular complexity index is 389. The molecule has 0 unspecified atom stereocenters. The van der Waals surface area contributed by atoms with Crippen LogP contribution in [0.5, 0.6) is 0 Å². The molecule has 0 aliphatic heterocycles. The first-order chi connectivity index (χ1) is 8.11. The summed E-state index contributed by atoms with van der Waals surface area (Å²) in [7, 11) is 0. The Labute approximate surface area is 98.6 Å². The molecule has 2 amide bonds. The molecule has 0 aliphatic carbocycles. The summed E-state index contributed by atoms with van der Waals surface area (Å²) in [6.45, 7) is 0.0736. The molecule has 17 heavy (non-hydrogen) atoms. The Kier molecular flexibility index (Phi) is 5.15. The van der Waals surface area contributed by atoms with E-state index in [-0.39, 0.29) is 19.1 Å². The molecule has 0 atom stereocenters. The van der Waals surface area contributed by atoms with E-state index in [0.717, 1.165) is 0 Å². The van der Waals surface area contributed by atoms with Crippen molar-refractivity contribution in [1.29, 1.82) is 0 Å². The second-order valence-corrected chi connectivity index (χ2v) is 3.62. The van der Waals surface area contributed by atoms with Crippen LogP contribution in [-0.4, -0.2) is 33.3 Å². The van der Waals surface area contributed by atoms with E-state index in [1.807, 2.05) is 0 Å². The number of hydrogen-bond acceptors (Lipinski definition) is 4. The normalized spacial score (nSPS) is 10.2. The first-order valence-corrected chi connectivity index (χ1v) is 5.33. The third kappa shape index (κ3) is 5.12. The minimum absolute atomic E-state index is 0.0135. The van der Waals surface area contributed by atoms with Crippen LogP contribution in [0.4, 0.5) is 5.69 Å². The highest BCUT2D eigenvalue weighted by molar-refractivity contribution is 5.90. The molecule has 0 spiro atoms. The number of anilines is 1. The molecule has 7 heteroatoms. The van der Waals surface area contributed by atoms with Gasteiger partial charge in [-0.15, -0.1) is 0 Å². The zero-order valence-electron chi connectivity index (χ0n) is 9.43. The van der Waals surface area contributed by atoms with E-state index in [2.05, 4.69) is 10.4 Å². The van der Waals surface area contributed by atoms with Gasteiger partial charge in [-0.3, -0.25) is 14.3 Å². The van der Waals surface area contributed by atoms with E-state index in [4.69, 9.17) is 10.8 Å². The third-order valence-electron chi connectivity index (χ3n) is 2.05. The minimum Gasteiger partial charge on any atom is -0.396 e. The predicted octanol–water partition coefficient (Wildman–Crippen LogP) is -0.531. The van der Waals surface area contributed by atoms with Gasteiger partial charge < -0.3 is 16.2 Å². The molecule has 1 aromatic rings. The van der Waals surface area contributed by atoms with E-state index < -0.39 is 5.91 Å². The van der Waals surface area contributed by atoms with Crippen LogP contribution in [0.1, 0.15) is 19.3 Å². The lowest BCUT2D eigenvalue weighted by molar-refractivity contribution is -0.118. The van der Waals surface area contributed by atoms with Gasteiger partial charge in [0.25, 0.3) is 0 Å². The second kappa shape index (κ2) is 6.64. The number of rotatable bonds is 7. The maximum Gasteiger partial charge on any atom is 0.239 e. The molecular weight excluding hydrogens is 224 g/mol. The maximum absolute atomic E-state index is 11.4. The number of unbranched alkanes of at least 4 members (excludes halogenated alkanes) is 1. The number of nitrogens with two attached hydrogens (primary N) is 1. The molecule has 1 aromatic heterocycles. The molecule has 0 fully saturated rings. The zero-order chi connectivity index (χ0) is 12.7. The molecule has 7 nitrogen and oxygen atoms in total. The van der Waals surface area contributed by atoms with Gasteiger partial charge in [0.1, 0.15) is 6.54 Å². The van der Waals surface area contributed by atoms with Gasteiger partial charge >= 0.3 is 0 Å². The molecular formula is C10H16N4O3. The van der Waals surface area contributed by atoms with Crippen LogP contribution in [0.25, 0.3) is 0 Å². The highest BCUT2D eigenvalue weighted by Gasteiger charge is 2.05. The van der Waals surface area contributed by atoms with E-state index >= 15 is 0 Å². The van der Waals surface area contributed by atoms with Crippen molar-refractivity contribution in [2.45, 2.75) is 25.8 Å². The fraction of sp³-hybridized carbons (Fsp3) is 0.500. The molecule has 0 radical (unpaired) electrons. The molecule has 0 saturated heterocycles. The number of amides is 2. The number of nitrogens with one attached hydrogen (secondary N) is 1. The average molecular weight is 240 g/mol. The summed E-state index contributed by atoms with van der Waals surface area (Å²) in [5.41, 5.74) is 5.53. The van der Waals surface area contributed by atoms with Gasteiger partial charge in [0.05, 0.1) is 11.9 Å². The van der Waals surface area contributed by atoms with Crippen molar-refractivity contribution in [3.63, 3.8) is 0 Å². The SMILES string of the molecule is NC(=O)Cn1cc(NC(=O)CCCCO)cn1. The second-order valence-electron chi connectivity index (χ2n) is 3.62. The maximum atomic E-state index is 11.4. The third-order valence-corrected chi connectivity index (χ3v) is 2.05. The quantitative estimate of drug-likeness (QED) is 0.556. The van der Waals surface area contributed by atoms with Gasteiger partial charge in [-0.1, -0.05) is 0 Å². The van der Waals surface area contributed by atoms with Crippen LogP contribution < -0.4 is 11.1 Å². The summed E-state index contributed by atoms with van der Waals surface area (Å²) < 4.78 is 1.35. The predicted molar refractivity (Wildman–Crippen MR) is 61.0 cm³/mol. The van der Waals surface area contributed by atoms with E-state index in [1.54, 1.807) is 0 Å². The largest absolute Gasteiger partial charge is 0.396 e. The van der Waals surface area contributed by atoms with E-state index in [0.29, 0.717) is 24.9 Å². The highest BCUT2D eigenvalue weighted by atomic mass is 16.3. The lowest BCUT2D eigenvalue weighted by atomic mass is 10.2. The topological polar surface area (TPSA) is 110 Å². The van der Waals surface area contributed by atoms with Crippen molar-refractivity contribution >= 4 is 17.5 Å². The number of carbonyl (C=O) groups excluding carboxylic acids is 2. The zero-order valence-corrected chi connectivity index (χ0v) is 9.43. The molecule has 0 bridgehead atoms. The van der Waals surface area contributed by atoms with Crippen molar-refractivity contribution in [1.82, 2.24) is 9.78 Å². The van der Waals surface area contributed by atoms with Gasteiger partial charge in [0, 0.05) is 19.2 Å². The lowest BCUT2D eigenvalue weighted by Gasteiger charge is -2.01. The summed E-state index contributed by atoms with van der Waals surface area (Å²) in [5, 5.41) is 15.1. The minimum atomic E-state index is -0.492. The van der Waals surface area contributed by atoms with Gasteiger partial charge in [0.15, 0.2) is 0 Å². The summed E-state index contributed by atoms with van der Waals surface area (Å²) in [5.74, 6) is -0.633. The number of nitrogens with zero attached hydrogens (tertiary/aromatic N) is 2. The smallest absolute Gasteiger partial charge is 0.239 e. The molecule has 1 heterocycles. The first-order valence-electron chi connectivity index (χ1n) is 5.33. The molecule has 0 saturated carbocycles. The molecule has 0 aromatic carbocycles. The van der Waals surface area contributed by atoms with Gasteiger partial charge in [0.2, 0.25) is 11.8 Å². The molecule has 0 aliphatic rings. The Hall–Kier alpha value is -1.89. The monoisotopic (exact) mass is 240 g/mol. The summed E-state index contributed by atoms with van der Waals surface area (Å²) in [4.78, 5) is 22.0. The highest BCUT2D eigenvalue weighted by Crippen LogP contribution is 2.06. The Morgan fingerprint density at radius 3 is 2.88 bits per heavy atom. The number of primary amides is 1. The van der Waals surface area contributed by atoms with Crippen LogP contribution in [-0.2, 0) is 16.1 Å². The van der Waals surface area contributed by atoms with Crippen molar-refractivity contribution in [3.05, 3.63) is 12.4 Å². The van der Waals surface area contributed by atoms with Crippen LogP contribution in [0, 0.1) is 0 Å². The molecule has 1 rings (SSSR count). The number of carbonyl (C=O) groups is 2. The van der Waals surface area contributed by atoms with Gasteiger partial charge in [-0.05, 0) is 12.8 Å². The van der Waals surface area contributed by atoms with Gasteiger partial charge in [-0.25, -0.2) is 0 Å². The average Bonchev–Trinajstić information content (AvgIpc) is 2.64. The Balaban J connectivity index is 2.38. The number of aliphatic hydroxyl groups is 1. The van der Waals surface area contributed by atoms with E-state index in [9.17, 15) is 9.59 Å². The van der Waals surface area contributed by atoms with Crippen molar-refractivity contribution in [2.75, 3.05) is 11.9 Å². The fourth-order valence-electron chi connectivity index (χ4n) is 1.30. The summed E-state index contributed by atoms with van der Waals surface area (Å²) in [6, 6.07) is 0. The van der Waals surface area contributed by atoms with Crippen molar-refractivity contribution in [2.24, 2.45) is 5.73 Å². The molecule has 4 N–H and O–H groups in total. The Morgan fingerprint density at radius 2 is 2.24 bits per heavy atom. The number of hydrogen-bond donors (Lipinski definition) is 3. The summed E-state index contributed by atoms with van der Waals surface area (Å²) >= 11 is 0. The standard InChI is InChI=1S/C10H16N4O3/c11-9(16)7-14-6-8(5-12-14)13-10(17)3-1-2-4-15/h5-6,15H,1-4,7H2,(H2,11,16)(H,13,17). The Morgan fingerprint density at radius 1 is 1.47 bits per heavy atom. The van der Waals surface area contributed by atoms with Crippen LogP contribution in [0.15, 0.2) is 12.4 Å². The van der Waals surface area contributed by atoms with Crippen molar-refractivity contribution < 1.29 is 14.7 Å². The van der Waals surface area contributed by atoms with Crippen molar-refractivity contribution in [3.8, 4) is 0 Å². The van der Waals surface area contributed by atoms with Crippen LogP contribution in [0.2, 0.25) is 0 Å². The summed E-state index contributed by atoms with van der Waals surface area (Å²) in [6.07, 6.45) is 4.58. The van der Waals surface area contributed by atoms with Gasteiger partial charge in [-0.2, -0.15) is 5.10 Å². The number of aromatic nitrogens is 2. The van der Waals surface area contributed by atoms with Crippen LogP contribution in [0.3, 0.4) is 0 Å². The first kappa shape index (κ1) is 13.2. The van der Waals surface area contributed by atoms with Crippen LogP contribution >= 0.6 is 0 Å². The number of aliphatic hydroxyl groups excluding tert-OH is 1. The van der Waals surface area contributed by atoms with E-state index in [1.165, 1.54) is 17.1 Å². The lowest BCUT2D eigenvalue weighted by Crippen LogP contribution is -2.18. The molecule has 94 valence electrons. The fourth-order valence-corrected chi connectivity index (χ4v) is 1.30.